The van der Waals surface area contributed by atoms with Crippen molar-refractivity contribution in [3.8, 4) is 0 Å². The molecule has 0 aliphatic heterocycles. The van der Waals surface area contributed by atoms with Crippen LogP contribution in [0, 0.1) is 0 Å². The third-order valence-corrected chi connectivity index (χ3v) is 4.98. The predicted molar refractivity (Wildman–Crippen MR) is 76.3 cm³/mol. The molecule has 0 radical (unpaired) electrons. The number of rotatable bonds is 4. The van der Waals surface area contributed by atoms with Crippen molar-refractivity contribution in [2.75, 3.05) is 6.54 Å². The summed E-state index contributed by atoms with van der Waals surface area (Å²) in [6, 6.07) is 5.53. The minimum Gasteiger partial charge on any atom is -0.448 e. The Morgan fingerprint density at radius 3 is 2.71 bits per heavy atom. The van der Waals surface area contributed by atoms with Crippen molar-refractivity contribution in [1.82, 2.24) is 5.32 Å². The Kier molecular flexibility index (Phi) is 4.55. The number of hydrogen-bond donors (Lipinski definition) is 1. The first-order valence-corrected chi connectivity index (χ1v) is 7.41. The molecule has 2 rings (SSSR count). The van der Waals surface area contributed by atoms with E-state index in [1.165, 1.54) is 0 Å². The summed E-state index contributed by atoms with van der Waals surface area (Å²) in [6.07, 6.45) is 0. The minimum atomic E-state index is -0.0127. The van der Waals surface area contributed by atoms with E-state index in [9.17, 15) is 0 Å². The van der Waals surface area contributed by atoms with Gasteiger partial charge in [-0.15, -0.1) is 11.3 Å². The van der Waals surface area contributed by atoms with E-state index in [0.717, 1.165) is 21.0 Å². The second-order valence-corrected chi connectivity index (χ2v) is 6.58. The first-order chi connectivity index (χ1) is 8.11. The Morgan fingerprint density at radius 1 is 1.47 bits per heavy atom. The molecule has 0 saturated heterocycles. The summed E-state index contributed by atoms with van der Waals surface area (Å²) in [6.45, 7) is 2.87. The molecular weight excluding hydrogens is 345 g/mol. The molecule has 92 valence electrons. The maximum absolute atomic E-state index is 6.05. The van der Waals surface area contributed by atoms with Crippen molar-refractivity contribution in [3.05, 3.63) is 42.9 Å². The molecule has 2 nitrogen and oxygen atoms in total. The highest BCUT2D eigenvalue weighted by Gasteiger charge is 2.20. The first kappa shape index (κ1) is 13.4. The maximum atomic E-state index is 6.05. The van der Waals surface area contributed by atoms with Gasteiger partial charge in [-0.3, -0.25) is 0 Å². The Balaban J connectivity index is 2.34. The summed E-state index contributed by atoms with van der Waals surface area (Å²) >= 11 is 16.8. The van der Waals surface area contributed by atoms with Crippen molar-refractivity contribution in [2.24, 2.45) is 0 Å². The molecule has 1 unspecified atom stereocenters. The van der Waals surface area contributed by atoms with E-state index in [1.54, 1.807) is 17.4 Å². The molecule has 0 saturated carbocycles. The van der Waals surface area contributed by atoms with Crippen LogP contribution >= 0.6 is 50.5 Å². The van der Waals surface area contributed by atoms with Crippen LogP contribution in [0.3, 0.4) is 0 Å². The second kappa shape index (κ2) is 5.76. The quantitative estimate of drug-likeness (QED) is 0.825. The van der Waals surface area contributed by atoms with Crippen LogP contribution in [0.4, 0.5) is 0 Å². The molecule has 2 aromatic heterocycles. The molecule has 2 heterocycles. The molecule has 0 aliphatic rings. The number of halogens is 3. The summed E-state index contributed by atoms with van der Waals surface area (Å²) in [4.78, 5) is 1.09. The predicted octanol–water partition coefficient (Wildman–Crippen LogP) is 5.11. The monoisotopic (exact) mass is 353 g/mol. The van der Waals surface area contributed by atoms with Gasteiger partial charge in [0, 0.05) is 4.88 Å². The SMILES string of the molecule is CCNC(c1ccc(Cl)o1)c1cc(Cl)c(Br)s1. The van der Waals surface area contributed by atoms with Crippen LogP contribution in [0.2, 0.25) is 10.2 Å². The van der Waals surface area contributed by atoms with Crippen molar-refractivity contribution in [2.45, 2.75) is 13.0 Å². The van der Waals surface area contributed by atoms with E-state index in [0.29, 0.717) is 10.2 Å². The standard InChI is InChI=1S/C11H10BrCl2NOS/c1-2-15-10(7-3-4-9(14)16-7)8-5-6(13)11(12)17-8/h3-5,10,15H,2H2,1H3. The Morgan fingerprint density at radius 2 is 2.24 bits per heavy atom. The highest BCUT2D eigenvalue weighted by molar-refractivity contribution is 9.11. The zero-order chi connectivity index (χ0) is 12.4. The fourth-order valence-electron chi connectivity index (χ4n) is 1.53. The van der Waals surface area contributed by atoms with Crippen molar-refractivity contribution >= 4 is 50.5 Å². The maximum Gasteiger partial charge on any atom is 0.193 e. The van der Waals surface area contributed by atoms with Crippen LogP contribution in [0.5, 0.6) is 0 Å². The van der Waals surface area contributed by atoms with Gasteiger partial charge in [0.25, 0.3) is 0 Å². The van der Waals surface area contributed by atoms with Gasteiger partial charge in [0.05, 0.1) is 8.81 Å². The average Bonchev–Trinajstić information content (AvgIpc) is 2.83. The third-order valence-electron chi connectivity index (χ3n) is 2.24. The Labute approximate surface area is 122 Å². The zero-order valence-corrected chi connectivity index (χ0v) is 12.9. The van der Waals surface area contributed by atoms with Gasteiger partial charge in [-0.2, -0.15) is 0 Å². The van der Waals surface area contributed by atoms with Gasteiger partial charge in [0.1, 0.15) is 11.8 Å². The van der Waals surface area contributed by atoms with Crippen LogP contribution in [0.25, 0.3) is 0 Å². The van der Waals surface area contributed by atoms with Crippen molar-refractivity contribution in [1.29, 1.82) is 0 Å². The molecule has 0 aliphatic carbocycles. The summed E-state index contributed by atoms with van der Waals surface area (Å²) in [5, 5.41) is 4.45. The lowest BCUT2D eigenvalue weighted by Crippen LogP contribution is -2.20. The Hall–Kier alpha value is -0.0000000000000000833. The van der Waals surface area contributed by atoms with Crippen LogP contribution < -0.4 is 5.32 Å². The molecule has 1 N–H and O–H groups in total. The topological polar surface area (TPSA) is 25.2 Å². The molecule has 17 heavy (non-hydrogen) atoms. The van der Waals surface area contributed by atoms with Gasteiger partial charge in [0.2, 0.25) is 0 Å². The molecule has 0 aromatic carbocycles. The molecule has 1 atom stereocenters. The van der Waals surface area contributed by atoms with E-state index in [4.69, 9.17) is 27.6 Å². The summed E-state index contributed by atoms with van der Waals surface area (Å²) in [5.41, 5.74) is 0. The fraction of sp³-hybridized carbons (Fsp3) is 0.273. The lowest BCUT2D eigenvalue weighted by atomic mass is 10.2. The van der Waals surface area contributed by atoms with Crippen LogP contribution in [-0.4, -0.2) is 6.54 Å². The lowest BCUT2D eigenvalue weighted by molar-refractivity contribution is 0.457. The highest BCUT2D eigenvalue weighted by atomic mass is 79.9. The smallest absolute Gasteiger partial charge is 0.193 e. The zero-order valence-electron chi connectivity index (χ0n) is 8.97. The van der Waals surface area contributed by atoms with Gasteiger partial charge >= 0.3 is 0 Å². The summed E-state index contributed by atoms with van der Waals surface area (Å²) < 4.78 is 6.38. The molecule has 0 bridgehead atoms. The fourth-order valence-corrected chi connectivity index (χ4v) is 3.52. The molecule has 2 aromatic rings. The van der Waals surface area contributed by atoms with Gasteiger partial charge in [0.15, 0.2) is 5.22 Å². The van der Waals surface area contributed by atoms with E-state index in [1.807, 2.05) is 19.1 Å². The minimum absolute atomic E-state index is 0.0127. The van der Waals surface area contributed by atoms with Gasteiger partial charge in [-0.1, -0.05) is 18.5 Å². The molecular formula is C11H10BrCl2NOS. The average molecular weight is 355 g/mol. The normalized spacial score (nSPS) is 12.9. The van der Waals surface area contributed by atoms with E-state index >= 15 is 0 Å². The summed E-state index contributed by atoms with van der Waals surface area (Å²) in [7, 11) is 0. The van der Waals surface area contributed by atoms with Gasteiger partial charge < -0.3 is 9.73 Å². The number of hydrogen-bond acceptors (Lipinski definition) is 3. The van der Waals surface area contributed by atoms with E-state index < -0.39 is 0 Å². The molecule has 0 fully saturated rings. The first-order valence-electron chi connectivity index (χ1n) is 5.05. The molecule has 0 spiro atoms. The van der Waals surface area contributed by atoms with Gasteiger partial charge in [-0.05, 0) is 52.3 Å². The second-order valence-electron chi connectivity index (χ2n) is 3.40. The number of furan rings is 1. The Bertz CT molecular complexity index is 492. The lowest BCUT2D eigenvalue weighted by Gasteiger charge is -2.13. The highest BCUT2D eigenvalue weighted by Crippen LogP contribution is 2.38. The van der Waals surface area contributed by atoms with Crippen molar-refractivity contribution < 1.29 is 4.42 Å². The van der Waals surface area contributed by atoms with E-state index in [-0.39, 0.29) is 6.04 Å². The summed E-state index contributed by atoms with van der Waals surface area (Å²) in [5.74, 6) is 0.794. The third kappa shape index (κ3) is 3.06. The number of nitrogens with one attached hydrogen (secondary N) is 1. The van der Waals surface area contributed by atoms with Gasteiger partial charge in [-0.25, -0.2) is 0 Å². The number of thiophene rings is 1. The van der Waals surface area contributed by atoms with Crippen LogP contribution in [0.1, 0.15) is 23.6 Å². The van der Waals surface area contributed by atoms with Crippen molar-refractivity contribution in [3.63, 3.8) is 0 Å². The van der Waals surface area contributed by atoms with E-state index in [2.05, 4.69) is 21.2 Å². The van der Waals surface area contributed by atoms with Crippen LogP contribution in [0.15, 0.2) is 26.4 Å². The largest absolute Gasteiger partial charge is 0.448 e. The molecule has 6 heteroatoms. The van der Waals surface area contributed by atoms with Crippen LogP contribution in [-0.2, 0) is 0 Å². The molecule has 0 amide bonds.